The molecule has 0 amide bonds. The van der Waals surface area contributed by atoms with Gasteiger partial charge in [-0.15, -0.1) is 20.3 Å². The van der Waals surface area contributed by atoms with Crippen LogP contribution in [0.3, 0.4) is 0 Å². The maximum Gasteiger partial charge on any atom is 0.459 e. The molecule has 0 atom stereocenters. The van der Waals surface area contributed by atoms with Gasteiger partial charge in [-0.05, 0) is 55.2 Å². The molecule has 15 nitrogen and oxygen atoms in total. The number of para-hydroxylation sites is 1. The molecule has 15 heteroatoms. The minimum absolute atomic E-state index is 0.0766. The highest BCUT2D eigenvalue weighted by atomic mass is 16.9. The number of hydrogen-bond acceptors (Lipinski definition) is 11. The van der Waals surface area contributed by atoms with Gasteiger partial charge in [0.1, 0.15) is 23.8 Å². The van der Waals surface area contributed by atoms with E-state index in [4.69, 9.17) is 19.6 Å². The molecule has 0 bridgehead atoms. The van der Waals surface area contributed by atoms with Crippen LogP contribution in [0.15, 0.2) is 72.8 Å². The summed E-state index contributed by atoms with van der Waals surface area (Å²) in [6.45, 7) is 7.58. The zero-order valence-corrected chi connectivity index (χ0v) is 26.8. The second kappa shape index (κ2) is 15.6. The fraction of sp³-hybridized carbons (Fsp3) is 0.273. The molecular formula is C33H35N7O8. The van der Waals surface area contributed by atoms with Crippen LogP contribution in [0.5, 0.6) is 5.75 Å². The van der Waals surface area contributed by atoms with E-state index in [2.05, 4.69) is 31.7 Å². The molecule has 0 saturated carbocycles. The predicted octanol–water partition coefficient (Wildman–Crippen LogP) is 5.20. The number of carbonyl (C=O) groups excluding carboxylic acids is 1. The largest absolute Gasteiger partial charge is 0.483 e. The first-order valence-corrected chi connectivity index (χ1v) is 14.9. The zero-order chi connectivity index (χ0) is 34.8. The molecule has 0 saturated heterocycles. The average molecular weight is 658 g/mol. The Hall–Kier alpha value is -5.96. The van der Waals surface area contributed by atoms with Crippen LogP contribution in [0.25, 0.3) is 22.5 Å². The number of aromatic nitrogens is 6. The van der Waals surface area contributed by atoms with Crippen LogP contribution in [0, 0.1) is 17.0 Å². The maximum atomic E-state index is 12.8. The van der Waals surface area contributed by atoms with E-state index in [-0.39, 0.29) is 24.7 Å². The Labute approximate surface area is 275 Å². The van der Waals surface area contributed by atoms with Gasteiger partial charge in [-0.2, -0.15) is 0 Å². The van der Waals surface area contributed by atoms with Crippen LogP contribution in [0.4, 0.5) is 4.79 Å². The van der Waals surface area contributed by atoms with Crippen molar-refractivity contribution in [1.82, 2.24) is 29.8 Å². The maximum absolute atomic E-state index is 12.8. The first-order chi connectivity index (χ1) is 23.0. The number of aliphatic hydroxyl groups is 1. The highest BCUT2D eigenvalue weighted by molar-refractivity contribution is 5.81. The molecule has 48 heavy (non-hydrogen) atoms. The summed E-state index contributed by atoms with van der Waals surface area (Å²) in [4.78, 5) is 41.7. The number of benzene rings is 3. The summed E-state index contributed by atoms with van der Waals surface area (Å²) in [6, 6.07) is 21.9. The van der Waals surface area contributed by atoms with Gasteiger partial charge in [0.05, 0.1) is 5.69 Å². The van der Waals surface area contributed by atoms with Gasteiger partial charge in [-0.25, -0.2) is 9.78 Å². The summed E-state index contributed by atoms with van der Waals surface area (Å²) in [5.41, 5.74) is 4.41. The first-order valence-electron chi connectivity index (χ1n) is 14.9. The Balaban J connectivity index is 0.00000167. The quantitative estimate of drug-likeness (QED) is 0.107. The van der Waals surface area contributed by atoms with Crippen molar-refractivity contribution in [2.75, 3.05) is 0 Å². The Kier molecular flexibility index (Phi) is 11.3. The number of carboxylic acid groups (broad SMARTS) is 1. The molecule has 0 aliphatic rings. The van der Waals surface area contributed by atoms with Gasteiger partial charge in [0.15, 0.2) is 0 Å². The van der Waals surface area contributed by atoms with E-state index in [1.54, 1.807) is 32.0 Å². The lowest BCUT2D eigenvalue weighted by molar-refractivity contribution is -0.763. The van der Waals surface area contributed by atoms with E-state index in [1.165, 1.54) is 6.07 Å². The predicted molar refractivity (Wildman–Crippen MR) is 172 cm³/mol. The number of nitrogens with zero attached hydrogens (tertiary/aromatic N) is 7. The van der Waals surface area contributed by atoms with Gasteiger partial charge in [-0.1, -0.05) is 78.5 Å². The van der Waals surface area contributed by atoms with E-state index >= 15 is 0 Å². The number of aryl methyl sites for hydroxylation is 1. The Morgan fingerprint density at radius 1 is 1.04 bits per heavy atom. The Bertz CT molecular complexity index is 1880. The van der Waals surface area contributed by atoms with Crippen molar-refractivity contribution in [3.63, 3.8) is 0 Å². The topological polar surface area (TPSA) is 198 Å². The molecule has 3 aromatic carbocycles. The highest BCUT2D eigenvalue weighted by Gasteiger charge is 2.25. The van der Waals surface area contributed by atoms with Crippen molar-refractivity contribution in [3.05, 3.63) is 111 Å². The van der Waals surface area contributed by atoms with E-state index < -0.39 is 16.8 Å². The van der Waals surface area contributed by atoms with Crippen molar-refractivity contribution in [1.29, 1.82) is 0 Å². The second-order valence-electron chi connectivity index (χ2n) is 11.1. The summed E-state index contributed by atoms with van der Waals surface area (Å²) in [5.74, 6) is 1.24. The van der Waals surface area contributed by atoms with Gasteiger partial charge < -0.3 is 24.4 Å². The average Bonchev–Trinajstić information content (AvgIpc) is 3.67. The molecule has 0 unspecified atom stereocenters. The lowest BCUT2D eigenvalue weighted by atomic mass is 9.98. The minimum atomic E-state index is -1.03. The van der Waals surface area contributed by atoms with Crippen LogP contribution < -0.4 is 4.74 Å². The molecular weight excluding hydrogens is 622 g/mol. The Morgan fingerprint density at radius 3 is 2.33 bits per heavy atom. The molecule has 250 valence electrons. The fourth-order valence-corrected chi connectivity index (χ4v) is 5.08. The molecule has 0 aliphatic heterocycles. The number of hydrogen-bond donors (Lipinski definition) is 2. The summed E-state index contributed by atoms with van der Waals surface area (Å²) in [5, 5.41) is 39.4. The number of imidazole rings is 1. The van der Waals surface area contributed by atoms with Gasteiger partial charge in [0, 0.05) is 29.8 Å². The molecule has 5 aromatic rings. The van der Waals surface area contributed by atoms with Crippen LogP contribution >= 0.6 is 0 Å². The van der Waals surface area contributed by atoms with E-state index in [1.807, 2.05) is 55.5 Å². The normalized spacial score (nSPS) is 10.9. The molecule has 2 heterocycles. The van der Waals surface area contributed by atoms with Gasteiger partial charge >= 0.3 is 6.09 Å². The molecule has 0 fully saturated rings. The monoisotopic (exact) mass is 657 g/mol. The first kappa shape index (κ1) is 34.9. The zero-order valence-electron chi connectivity index (χ0n) is 26.8. The van der Waals surface area contributed by atoms with Crippen molar-refractivity contribution in [2.24, 2.45) is 0 Å². The summed E-state index contributed by atoms with van der Waals surface area (Å²) < 4.78 is 7.54. The van der Waals surface area contributed by atoms with E-state index in [0.29, 0.717) is 23.4 Å². The van der Waals surface area contributed by atoms with Gasteiger partial charge in [-0.3, -0.25) is 4.79 Å². The van der Waals surface area contributed by atoms with Crippen LogP contribution in [-0.4, -0.2) is 57.6 Å². The minimum Gasteiger partial charge on any atom is -0.483 e. The summed E-state index contributed by atoms with van der Waals surface area (Å²) >= 11 is 0. The summed E-state index contributed by atoms with van der Waals surface area (Å²) in [7, 11) is 0. The molecule has 0 spiro atoms. The number of tetrazole rings is 1. The molecule has 5 rings (SSSR count). The molecule has 2 aromatic heterocycles. The lowest BCUT2D eigenvalue weighted by Gasteiger charge is -2.16. The second-order valence-corrected chi connectivity index (χ2v) is 11.1. The van der Waals surface area contributed by atoms with Crippen molar-refractivity contribution >= 4 is 12.6 Å². The van der Waals surface area contributed by atoms with E-state index in [9.17, 15) is 20.0 Å². The number of rotatable bonds is 11. The fourth-order valence-electron chi connectivity index (χ4n) is 5.08. The van der Waals surface area contributed by atoms with E-state index in [0.717, 1.165) is 45.8 Å². The van der Waals surface area contributed by atoms with Gasteiger partial charge in [0.2, 0.25) is 5.82 Å². The number of carbonyl (C=O) groups is 2. The van der Waals surface area contributed by atoms with Crippen LogP contribution in [0.1, 0.15) is 55.5 Å². The smallest absolute Gasteiger partial charge is 0.459 e. The van der Waals surface area contributed by atoms with Crippen LogP contribution in [-0.2, 0) is 34.8 Å². The van der Waals surface area contributed by atoms with Gasteiger partial charge in [0.25, 0.3) is 11.6 Å². The third kappa shape index (κ3) is 8.44. The number of ether oxygens (including phenoxy) is 1. The lowest BCUT2D eigenvalue weighted by Crippen LogP contribution is -2.20. The SMILES string of the molecule is CCCc1nc(C(C)(C)O)c(C)n1Cc1ccc(-c2ccccc2-c2nnn(C(=O)Oc3ccccc3CO[N+](=O)[O-])n2)cc1.O=CO. The molecule has 2 N–H and O–H groups in total. The van der Waals surface area contributed by atoms with Crippen molar-refractivity contribution < 1.29 is 34.5 Å². The standard InChI is InChI=1S/C32H33N7O6.CH2O2/c1-5-10-28-33-29(32(3,4)41)21(2)37(28)19-22-15-17-23(18-16-22)25-12-7-8-13-26(25)30-34-36-38(35-30)31(40)45-27-14-9-6-11-24(27)20-44-39(42)43;2-1-3/h6-9,11-18,41H,5,10,19-20H2,1-4H3;1H,(H,2,3). The van der Waals surface area contributed by atoms with Crippen LogP contribution in [0.2, 0.25) is 0 Å². The third-order valence-corrected chi connectivity index (χ3v) is 7.20. The Morgan fingerprint density at radius 2 is 1.69 bits per heavy atom. The highest BCUT2D eigenvalue weighted by Crippen LogP contribution is 2.31. The molecule has 0 aliphatic carbocycles. The van der Waals surface area contributed by atoms with Crippen molar-refractivity contribution in [3.8, 4) is 28.3 Å². The summed E-state index contributed by atoms with van der Waals surface area (Å²) in [6.07, 6.45) is 0.820. The van der Waals surface area contributed by atoms with Crippen molar-refractivity contribution in [2.45, 2.75) is 59.3 Å². The third-order valence-electron chi connectivity index (χ3n) is 7.20. The molecule has 0 radical (unpaired) electrons.